The minimum atomic E-state index is -0.425. The highest BCUT2D eigenvalue weighted by Crippen LogP contribution is 2.36. The molecule has 0 radical (unpaired) electrons. The molecule has 0 spiro atoms. The number of nitro groups is 1. The van der Waals surface area contributed by atoms with Crippen LogP contribution in [-0.4, -0.2) is 10.7 Å². The number of nitro benzene ring substituents is 1. The van der Waals surface area contributed by atoms with Crippen LogP contribution < -0.4 is 0 Å². The van der Waals surface area contributed by atoms with Crippen molar-refractivity contribution in [1.82, 2.24) is 0 Å². The number of nitrogens with zero attached hydrogens (tertiary/aromatic N) is 1. The van der Waals surface area contributed by atoms with Crippen LogP contribution in [0.25, 0.3) is 0 Å². The van der Waals surface area contributed by atoms with Gasteiger partial charge < -0.3 is 4.42 Å². The third kappa shape index (κ3) is 4.58. The molecular formula is C18H15NO4S2. The van der Waals surface area contributed by atoms with Gasteiger partial charge in [0.1, 0.15) is 5.76 Å². The Morgan fingerprint density at radius 2 is 2.00 bits per heavy atom. The van der Waals surface area contributed by atoms with Crippen LogP contribution >= 0.6 is 23.1 Å². The van der Waals surface area contributed by atoms with Gasteiger partial charge in [-0.1, -0.05) is 18.2 Å². The number of thioether (sulfide) groups is 1. The van der Waals surface area contributed by atoms with E-state index in [9.17, 15) is 14.9 Å². The summed E-state index contributed by atoms with van der Waals surface area (Å²) in [6, 6.07) is 13.8. The number of benzene rings is 1. The fourth-order valence-corrected chi connectivity index (χ4v) is 4.19. The van der Waals surface area contributed by atoms with Crippen molar-refractivity contribution in [3.63, 3.8) is 0 Å². The van der Waals surface area contributed by atoms with Crippen LogP contribution in [0.5, 0.6) is 0 Å². The SMILES string of the molecule is O=C(C[C@H](SCc1ccco1)c1ccc([N+](=O)[O-])cc1)c1cccs1. The Hall–Kier alpha value is -2.38. The van der Waals surface area contributed by atoms with E-state index in [2.05, 4.69) is 0 Å². The van der Waals surface area contributed by atoms with Crippen molar-refractivity contribution in [3.8, 4) is 0 Å². The van der Waals surface area contributed by atoms with Crippen LogP contribution in [-0.2, 0) is 5.75 Å². The maximum atomic E-state index is 12.5. The number of hydrogen-bond donors (Lipinski definition) is 0. The summed E-state index contributed by atoms with van der Waals surface area (Å²) in [5.41, 5.74) is 0.940. The zero-order valence-corrected chi connectivity index (χ0v) is 14.8. The van der Waals surface area contributed by atoms with Gasteiger partial charge in [-0.15, -0.1) is 23.1 Å². The largest absolute Gasteiger partial charge is 0.468 e. The summed E-state index contributed by atoms with van der Waals surface area (Å²) in [5.74, 6) is 1.54. The zero-order chi connectivity index (χ0) is 17.6. The second-order valence-electron chi connectivity index (χ2n) is 5.33. The van der Waals surface area contributed by atoms with Crippen molar-refractivity contribution in [2.45, 2.75) is 17.4 Å². The molecule has 0 aliphatic heterocycles. The van der Waals surface area contributed by atoms with E-state index >= 15 is 0 Å². The molecule has 2 heterocycles. The predicted molar refractivity (Wildman–Crippen MR) is 99.1 cm³/mol. The third-order valence-electron chi connectivity index (χ3n) is 3.65. The lowest BCUT2D eigenvalue weighted by Gasteiger charge is -2.15. The summed E-state index contributed by atoms with van der Waals surface area (Å²) in [6.45, 7) is 0. The second-order valence-corrected chi connectivity index (χ2v) is 7.47. The van der Waals surface area contributed by atoms with Gasteiger partial charge in [0.2, 0.25) is 0 Å². The van der Waals surface area contributed by atoms with Gasteiger partial charge in [0.05, 0.1) is 21.8 Å². The quantitative estimate of drug-likeness (QED) is 0.296. The standard InChI is InChI=1S/C18H15NO4S2/c20-16(17-4-2-10-24-17)11-18(25-12-15-3-1-9-23-15)13-5-7-14(8-6-13)19(21)22/h1-10,18H,11-12H2/t18-/m0/s1. The number of non-ortho nitro benzene ring substituents is 1. The first-order valence-electron chi connectivity index (χ1n) is 7.58. The topological polar surface area (TPSA) is 73.3 Å². The highest BCUT2D eigenvalue weighted by Gasteiger charge is 2.20. The monoisotopic (exact) mass is 373 g/mol. The molecule has 1 atom stereocenters. The molecule has 128 valence electrons. The Morgan fingerprint density at radius 3 is 2.60 bits per heavy atom. The smallest absolute Gasteiger partial charge is 0.269 e. The predicted octanol–water partition coefficient (Wildman–Crippen LogP) is 5.50. The number of carbonyl (C=O) groups is 1. The van der Waals surface area contributed by atoms with Crippen molar-refractivity contribution in [2.24, 2.45) is 0 Å². The lowest BCUT2D eigenvalue weighted by Crippen LogP contribution is -2.04. The molecular weight excluding hydrogens is 358 g/mol. The molecule has 25 heavy (non-hydrogen) atoms. The summed E-state index contributed by atoms with van der Waals surface area (Å²) < 4.78 is 5.35. The fourth-order valence-electron chi connectivity index (χ4n) is 2.37. The van der Waals surface area contributed by atoms with Crippen molar-refractivity contribution >= 4 is 34.6 Å². The van der Waals surface area contributed by atoms with E-state index in [0.29, 0.717) is 12.2 Å². The van der Waals surface area contributed by atoms with Crippen LogP contribution in [0.4, 0.5) is 5.69 Å². The first-order valence-corrected chi connectivity index (χ1v) is 9.51. The number of thiophene rings is 1. The number of hydrogen-bond acceptors (Lipinski definition) is 6. The summed E-state index contributed by atoms with van der Waals surface area (Å²) in [7, 11) is 0. The number of ketones is 1. The molecule has 5 nitrogen and oxygen atoms in total. The Labute approximate surface area is 152 Å². The van der Waals surface area contributed by atoms with E-state index in [1.807, 2.05) is 29.6 Å². The van der Waals surface area contributed by atoms with Crippen LogP contribution in [0, 0.1) is 10.1 Å². The van der Waals surface area contributed by atoms with E-state index in [-0.39, 0.29) is 16.7 Å². The van der Waals surface area contributed by atoms with Crippen LogP contribution in [0.3, 0.4) is 0 Å². The highest BCUT2D eigenvalue weighted by molar-refractivity contribution is 7.98. The lowest BCUT2D eigenvalue weighted by atomic mass is 10.1. The minimum Gasteiger partial charge on any atom is -0.468 e. The fraction of sp³-hybridized carbons (Fsp3) is 0.167. The lowest BCUT2D eigenvalue weighted by molar-refractivity contribution is -0.384. The molecule has 7 heteroatoms. The molecule has 0 N–H and O–H groups in total. The average molecular weight is 373 g/mol. The molecule has 0 saturated heterocycles. The Bertz CT molecular complexity index is 827. The number of furan rings is 1. The van der Waals surface area contributed by atoms with E-state index in [1.165, 1.54) is 23.5 Å². The number of rotatable bonds is 8. The molecule has 3 rings (SSSR count). The molecule has 0 saturated carbocycles. The molecule has 0 aliphatic carbocycles. The van der Waals surface area contributed by atoms with Crippen molar-refractivity contribution in [1.29, 1.82) is 0 Å². The highest BCUT2D eigenvalue weighted by atomic mass is 32.2. The van der Waals surface area contributed by atoms with Crippen LogP contribution in [0.1, 0.15) is 32.7 Å². The molecule has 2 aromatic heterocycles. The third-order valence-corrected chi connectivity index (χ3v) is 5.85. The summed E-state index contributed by atoms with van der Waals surface area (Å²) in [4.78, 5) is 23.6. The van der Waals surface area contributed by atoms with Crippen molar-refractivity contribution < 1.29 is 14.1 Å². The van der Waals surface area contributed by atoms with E-state index in [0.717, 1.165) is 16.2 Å². The summed E-state index contributed by atoms with van der Waals surface area (Å²) in [6.07, 6.45) is 1.96. The van der Waals surface area contributed by atoms with Gasteiger partial charge in [-0.25, -0.2) is 0 Å². The van der Waals surface area contributed by atoms with Gasteiger partial charge in [-0.3, -0.25) is 14.9 Å². The Balaban J connectivity index is 1.77. The minimum absolute atomic E-state index is 0.0446. The molecule has 0 fully saturated rings. The van der Waals surface area contributed by atoms with Gasteiger partial charge in [-0.2, -0.15) is 0 Å². The average Bonchev–Trinajstić information content (AvgIpc) is 3.32. The second kappa shape index (κ2) is 8.13. The molecule has 1 aromatic carbocycles. The van der Waals surface area contributed by atoms with Crippen LogP contribution in [0.15, 0.2) is 64.6 Å². The van der Waals surface area contributed by atoms with Gasteiger partial charge >= 0.3 is 0 Å². The summed E-state index contributed by atoms with van der Waals surface area (Å²) >= 11 is 3.02. The number of carbonyl (C=O) groups excluding carboxylic acids is 1. The molecule has 0 aliphatic rings. The van der Waals surface area contributed by atoms with Crippen molar-refractivity contribution in [3.05, 3.63) is 86.5 Å². The molecule has 3 aromatic rings. The van der Waals surface area contributed by atoms with Crippen molar-refractivity contribution in [2.75, 3.05) is 0 Å². The van der Waals surface area contributed by atoms with Gasteiger partial charge in [0.15, 0.2) is 5.78 Å². The molecule has 0 bridgehead atoms. The van der Waals surface area contributed by atoms with E-state index in [4.69, 9.17) is 4.42 Å². The number of Topliss-reactive ketones (excluding diaryl/α,β-unsaturated/α-hetero) is 1. The maximum Gasteiger partial charge on any atom is 0.269 e. The Morgan fingerprint density at radius 1 is 1.20 bits per heavy atom. The van der Waals surface area contributed by atoms with E-state index < -0.39 is 4.92 Å². The van der Waals surface area contributed by atoms with Gasteiger partial charge in [0, 0.05) is 23.8 Å². The first-order chi connectivity index (χ1) is 12.1. The summed E-state index contributed by atoms with van der Waals surface area (Å²) in [5, 5.41) is 12.6. The first kappa shape index (κ1) is 17.4. The zero-order valence-electron chi connectivity index (χ0n) is 13.2. The molecule has 0 amide bonds. The normalized spacial score (nSPS) is 12.0. The van der Waals surface area contributed by atoms with E-state index in [1.54, 1.807) is 30.2 Å². The van der Waals surface area contributed by atoms with Gasteiger partial charge in [-0.05, 0) is 29.1 Å². The Kier molecular flexibility index (Phi) is 5.67. The van der Waals surface area contributed by atoms with Gasteiger partial charge in [0.25, 0.3) is 5.69 Å². The molecule has 0 unspecified atom stereocenters. The maximum absolute atomic E-state index is 12.5. The van der Waals surface area contributed by atoms with Crippen LogP contribution in [0.2, 0.25) is 0 Å².